The van der Waals surface area contributed by atoms with Gasteiger partial charge in [-0.25, -0.2) is 9.97 Å². The van der Waals surface area contributed by atoms with Gasteiger partial charge in [-0.3, -0.25) is 9.59 Å². The topological polar surface area (TPSA) is 88.9 Å². The first-order chi connectivity index (χ1) is 15.6. The Bertz CT molecular complexity index is 1490. The van der Waals surface area contributed by atoms with Crippen LogP contribution in [0, 0.1) is 0 Å². The zero-order chi connectivity index (χ0) is 22.1. The quantitative estimate of drug-likeness (QED) is 0.428. The van der Waals surface area contributed by atoms with Gasteiger partial charge in [-0.05, 0) is 36.4 Å². The number of para-hydroxylation sites is 3. The third-order valence-corrected chi connectivity index (χ3v) is 5.29. The summed E-state index contributed by atoms with van der Waals surface area (Å²) < 4.78 is 2.05. The molecule has 3 aromatic carbocycles. The van der Waals surface area contributed by atoms with Crippen molar-refractivity contribution in [2.75, 3.05) is 10.6 Å². The highest BCUT2D eigenvalue weighted by atomic mass is 16.2. The summed E-state index contributed by atoms with van der Waals surface area (Å²) in [5.41, 5.74) is 5.54. The molecule has 0 radical (unpaired) electrons. The fraction of sp³-hybridized carbons (Fsp3) is 0.120. The van der Waals surface area contributed by atoms with E-state index in [1.807, 2.05) is 48.5 Å². The van der Waals surface area contributed by atoms with E-state index < -0.39 is 0 Å². The number of rotatable bonds is 5. The number of amides is 2. The van der Waals surface area contributed by atoms with Crippen LogP contribution in [0.4, 0.5) is 11.4 Å². The van der Waals surface area contributed by atoms with E-state index in [9.17, 15) is 9.59 Å². The van der Waals surface area contributed by atoms with Crippen molar-refractivity contribution in [2.45, 2.75) is 19.9 Å². The molecule has 0 spiro atoms. The van der Waals surface area contributed by atoms with E-state index in [2.05, 4.69) is 15.2 Å². The Morgan fingerprint density at radius 2 is 1.53 bits per heavy atom. The number of hydrogen-bond donors (Lipinski definition) is 2. The molecule has 0 aliphatic carbocycles. The Hall–Kier alpha value is -4.26. The van der Waals surface area contributed by atoms with Crippen LogP contribution >= 0.6 is 0 Å². The fourth-order valence-corrected chi connectivity index (χ4v) is 3.92. The molecule has 0 saturated carbocycles. The summed E-state index contributed by atoms with van der Waals surface area (Å²) >= 11 is 0. The molecule has 2 N–H and O–H groups in total. The molecule has 158 valence electrons. The Labute approximate surface area is 184 Å². The number of hydrogen-bond acceptors (Lipinski definition) is 4. The van der Waals surface area contributed by atoms with Gasteiger partial charge in [0.05, 0.1) is 16.6 Å². The lowest BCUT2D eigenvalue weighted by molar-refractivity contribution is -0.116. The van der Waals surface area contributed by atoms with Crippen LogP contribution in [-0.4, -0.2) is 26.3 Å². The molecule has 0 saturated heterocycles. The van der Waals surface area contributed by atoms with Gasteiger partial charge in [0, 0.05) is 36.7 Å². The van der Waals surface area contributed by atoms with Crippen molar-refractivity contribution >= 4 is 56.3 Å². The molecular formula is C25H21N5O2. The number of benzene rings is 3. The maximum absolute atomic E-state index is 12.7. The highest BCUT2D eigenvalue weighted by Gasteiger charge is 2.15. The normalized spacial score (nSPS) is 11.2. The van der Waals surface area contributed by atoms with E-state index in [4.69, 9.17) is 9.97 Å². The van der Waals surface area contributed by atoms with Crippen LogP contribution in [0.15, 0.2) is 72.8 Å². The van der Waals surface area contributed by atoms with Crippen molar-refractivity contribution < 1.29 is 9.59 Å². The fourth-order valence-electron chi connectivity index (χ4n) is 3.92. The molecule has 7 nitrogen and oxygen atoms in total. The number of nitrogens with zero attached hydrogens (tertiary/aromatic N) is 3. The van der Waals surface area contributed by atoms with Crippen molar-refractivity contribution in [3.8, 4) is 0 Å². The van der Waals surface area contributed by atoms with Crippen LogP contribution in [0.2, 0.25) is 0 Å². The lowest BCUT2D eigenvalue weighted by Crippen LogP contribution is -2.15. The number of fused-ring (bicyclic) bond motifs is 4. The summed E-state index contributed by atoms with van der Waals surface area (Å²) in [4.78, 5) is 33.6. The van der Waals surface area contributed by atoms with E-state index in [1.54, 1.807) is 24.3 Å². The van der Waals surface area contributed by atoms with Gasteiger partial charge in [-0.1, -0.05) is 36.4 Å². The summed E-state index contributed by atoms with van der Waals surface area (Å²) in [6.45, 7) is 1.91. The minimum Gasteiger partial charge on any atom is -0.326 e. The smallest absolute Gasteiger partial charge is 0.226 e. The molecule has 0 fully saturated rings. The van der Waals surface area contributed by atoms with Crippen molar-refractivity contribution in [1.29, 1.82) is 0 Å². The van der Waals surface area contributed by atoms with Gasteiger partial charge < -0.3 is 15.2 Å². The van der Waals surface area contributed by atoms with Crippen molar-refractivity contribution in [3.05, 3.63) is 72.8 Å². The second-order valence-electron chi connectivity index (χ2n) is 7.61. The van der Waals surface area contributed by atoms with Gasteiger partial charge in [0.1, 0.15) is 5.52 Å². The lowest BCUT2D eigenvalue weighted by atomic mass is 10.2. The monoisotopic (exact) mass is 423 g/mol. The van der Waals surface area contributed by atoms with Crippen LogP contribution in [-0.2, 0) is 16.1 Å². The summed E-state index contributed by atoms with van der Waals surface area (Å²) in [6.07, 6.45) is 0.270. The van der Waals surface area contributed by atoms with Gasteiger partial charge in [-0.15, -0.1) is 0 Å². The predicted octanol–water partition coefficient (Wildman–Crippen LogP) is 4.72. The summed E-state index contributed by atoms with van der Waals surface area (Å²) in [7, 11) is 0. The Kier molecular flexibility index (Phi) is 4.99. The molecule has 0 bridgehead atoms. The third-order valence-electron chi connectivity index (χ3n) is 5.29. The van der Waals surface area contributed by atoms with Gasteiger partial charge >= 0.3 is 0 Å². The van der Waals surface area contributed by atoms with E-state index >= 15 is 0 Å². The summed E-state index contributed by atoms with van der Waals surface area (Å²) in [6, 6.07) is 22.9. The molecule has 0 atom stereocenters. The minimum atomic E-state index is -0.159. The van der Waals surface area contributed by atoms with Crippen LogP contribution in [0.25, 0.3) is 33.1 Å². The number of carbonyl (C=O) groups excluding carboxylic acids is 2. The van der Waals surface area contributed by atoms with Crippen LogP contribution in [0.3, 0.4) is 0 Å². The lowest BCUT2D eigenvalue weighted by Gasteiger charge is -2.09. The maximum Gasteiger partial charge on any atom is 0.226 e. The molecule has 7 heteroatoms. The average molecular weight is 423 g/mol. The minimum absolute atomic E-state index is 0.121. The first kappa shape index (κ1) is 19.7. The van der Waals surface area contributed by atoms with Crippen molar-refractivity contribution in [2.24, 2.45) is 0 Å². The second kappa shape index (κ2) is 8.11. The van der Waals surface area contributed by atoms with Crippen molar-refractivity contribution in [3.63, 3.8) is 0 Å². The number of aryl methyl sites for hydroxylation is 1. The number of nitrogens with one attached hydrogen (secondary N) is 2. The number of aromatic nitrogens is 3. The third kappa shape index (κ3) is 3.76. The molecule has 5 aromatic rings. The highest BCUT2D eigenvalue weighted by molar-refractivity contribution is 6.06. The maximum atomic E-state index is 12.7. The molecule has 5 rings (SSSR count). The predicted molar refractivity (Wildman–Crippen MR) is 127 cm³/mol. The molecular weight excluding hydrogens is 402 g/mol. The van der Waals surface area contributed by atoms with E-state index in [-0.39, 0.29) is 18.2 Å². The standard InChI is InChI=1S/C25H21N5O2/c1-16(31)26-17-7-6-8-18(15-17)27-23(32)13-14-30-22-12-5-2-9-19(22)24-25(30)29-21-11-4-3-10-20(21)28-24/h2-12,15H,13-14H2,1H3,(H,26,31)(H,27,32). The molecule has 2 aromatic heterocycles. The van der Waals surface area contributed by atoms with Crippen molar-refractivity contribution in [1.82, 2.24) is 14.5 Å². The van der Waals surface area contributed by atoms with E-state index in [0.717, 1.165) is 33.1 Å². The SMILES string of the molecule is CC(=O)Nc1cccc(NC(=O)CCn2c3ccccc3c3nc4ccccc4nc32)c1. The van der Waals surface area contributed by atoms with Gasteiger partial charge in [0.25, 0.3) is 0 Å². The Morgan fingerprint density at radius 1 is 0.844 bits per heavy atom. The highest BCUT2D eigenvalue weighted by Crippen LogP contribution is 2.28. The zero-order valence-corrected chi connectivity index (χ0v) is 17.5. The first-order valence-corrected chi connectivity index (χ1v) is 10.4. The molecule has 0 aliphatic rings. The van der Waals surface area contributed by atoms with Crippen LogP contribution in [0.1, 0.15) is 13.3 Å². The zero-order valence-electron chi connectivity index (χ0n) is 17.5. The van der Waals surface area contributed by atoms with E-state index in [1.165, 1.54) is 6.92 Å². The first-order valence-electron chi connectivity index (χ1n) is 10.4. The van der Waals surface area contributed by atoms with Crippen LogP contribution < -0.4 is 10.6 Å². The summed E-state index contributed by atoms with van der Waals surface area (Å²) in [5, 5.41) is 6.64. The summed E-state index contributed by atoms with van der Waals surface area (Å²) in [5.74, 6) is -0.280. The van der Waals surface area contributed by atoms with Crippen LogP contribution in [0.5, 0.6) is 0 Å². The van der Waals surface area contributed by atoms with E-state index in [0.29, 0.717) is 17.9 Å². The largest absolute Gasteiger partial charge is 0.326 e. The Balaban J connectivity index is 1.43. The van der Waals surface area contributed by atoms with Gasteiger partial charge in [0.15, 0.2) is 5.65 Å². The molecule has 0 aliphatic heterocycles. The number of carbonyl (C=O) groups is 2. The Morgan fingerprint density at radius 3 is 2.31 bits per heavy atom. The molecule has 0 unspecified atom stereocenters. The molecule has 2 heterocycles. The second-order valence-corrected chi connectivity index (χ2v) is 7.61. The molecule has 32 heavy (non-hydrogen) atoms. The average Bonchev–Trinajstić information content (AvgIpc) is 3.08. The number of anilines is 2. The molecule has 2 amide bonds. The van der Waals surface area contributed by atoms with Gasteiger partial charge in [-0.2, -0.15) is 0 Å². The van der Waals surface area contributed by atoms with Gasteiger partial charge in [0.2, 0.25) is 11.8 Å².